The highest BCUT2D eigenvalue weighted by Gasteiger charge is 2.08. The highest BCUT2D eigenvalue weighted by Crippen LogP contribution is 2.18. The normalized spacial score (nSPS) is 9.62. The zero-order valence-corrected chi connectivity index (χ0v) is 7.64. The van der Waals surface area contributed by atoms with Crippen LogP contribution in [0.3, 0.4) is 0 Å². The molecule has 0 radical (unpaired) electrons. The van der Waals surface area contributed by atoms with Crippen molar-refractivity contribution in [3.63, 3.8) is 0 Å². The summed E-state index contributed by atoms with van der Waals surface area (Å²) in [5.41, 5.74) is 5.43. The van der Waals surface area contributed by atoms with Gasteiger partial charge in [-0.15, -0.1) is 0 Å². The van der Waals surface area contributed by atoms with E-state index in [4.69, 9.17) is 5.73 Å². The van der Waals surface area contributed by atoms with Crippen LogP contribution in [0.2, 0.25) is 0 Å². The van der Waals surface area contributed by atoms with Crippen molar-refractivity contribution in [3.8, 4) is 0 Å². The Morgan fingerprint density at radius 3 is 2.92 bits per heavy atom. The molecule has 0 fully saturated rings. The molecule has 0 bridgehead atoms. The molecular weight excluding hydrogens is 192 g/mol. The minimum absolute atomic E-state index is 0.0181. The monoisotopic (exact) mass is 200 g/mol. The number of nitrogens with one attached hydrogen (secondary N) is 2. The molecule has 4 N–H and O–H groups in total. The SMILES string of the molecule is CNc1nc(N)[nH]c(=O)c1SC=O. The van der Waals surface area contributed by atoms with E-state index in [1.807, 2.05) is 0 Å². The van der Waals surface area contributed by atoms with Gasteiger partial charge in [-0.3, -0.25) is 14.6 Å². The summed E-state index contributed by atoms with van der Waals surface area (Å²) in [6, 6.07) is 0. The van der Waals surface area contributed by atoms with E-state index < -0.39 is 5.56 Å². The smallest absolute Gasteiger partial charge is 0.268 e. The highest BCUT2D eigenvalue weighted by molar-refractivity contribution is 8.12. The van der Waals surface area contributed by atoms with Crippen LogP contribution < -0.4 is 16.6 Å². The van der Waals surface area contributed by atoms with Gasteiger partial charge >= 0.3 is 0 Å². The third-order valence-electron chi connectivity index (χ3n) is 1.30. The van der Waals surface area contributed by atoms with Gasteiger partial charge in [0.15, 0.2) is 5.62 Å². The summed E-state index contributed by atoms with van der Waals surface area (Å²) >= 11 is 0.757. The quantitative estimate of drug-likeness (QED) is 0.456. The lowest BCUT2D eigenvalue weighted by Gasteiger charge is -2.03. The Bertz CT molecular complexity index is 375. The van der Waals surface area contributed by atoms with Crippen LogP contribution in [-0.2, 0) is 4.79 Å². The molecule has 0 unspecified atom stereocenters. The molecule has 7 heteroatoms. The summed E-state index contributed by atoms with van der Waals surface area (Å²) in [5, 5.41) is 2.67. The van der Waals surface area contributed by atoms with Crippen LogP contribution in [0, 0.1) is 0 Å². The number of carbonyl (C=O) groups excluding carboxylic acids is 1. The first-order valence-corrected chi connectivity index (χ1v) is 4.25. The topological polar surface area (TPSA) is 101 Å². The summed E-state index contributed by atoms with van der Waals surface area (Å²) in [6.07, 6.45) is 0. The van der Waals surface area contributed by atoms with Crippen molar-refractivity contribution in [2.45, 2.75) is 4.90 Å². The fourth-order valence-corrected chi connectivity index (χ4v) is 1.32. The van der Waals surface area contributed by atoms with Crippen LogP contribution in [0.25, 0.3) is 0 Å². The average Bonchev–Trinajstić information content (AvgIpc) is 2.09. The second-order valence-electron chi connectivity index (χ2n) is 2.09. The summed E-state index contributed by atoms with van der Waals surface area (Å²) in [4.78, 5) is 27.7. The first-order valence-electron chi connectivity index (χ1n) is 3.37. The molecule has 0 aliphatic carbocycles. The minimum atomic E-state index is -0.422. The van der Waals surface area contributed by atoms with Gasteiger partial charge in [-0.2, -0.15) is 4.98 Å². The number of nitrogens with zero attached hydrogens (tertiary/aromatic N) is 1. The molecule has 0 amide bonds. The first kappa shape index (κ1) is 9.59. The Morgan fingerprint density at radius 1 is 1.69 bits per heavy atom. The molecule has 70 valence electrons. The second kappa shape index (κ2) is 3.94. The van der Waals surface area contributed by atoms with E-state index in [1.165, 1.54) is 0 Å². The van der Waals surface area contributed by atoms with E-state index in [9.17, 15) is 9.59 Å². The largest absolute Gasteiger partial charge is 0.372 e. The fourth-order valence-electron chi connectivity index (χ4n) is 0.807. The van der Waals surface area contributed by atoms with Gasteiger partial charge in [-0.1, -0.05) is 0 Å². The van der Waals surface area contributed by atoms with Crippen molar-refractivity contribution >= 4 is 29.1 Å². The van der Waals surface area contributed by atoms with Crippen molar-refractivity contribution in [2.75, 3.05) is 18.1 Å². The summed E-state index contributed by atoms with van der Waals surface area (Å²) in [6.45, 7) is 0. The van der Waals surface area contributed by atoms with Crippen LogP contribution in [0.1, 0.15) is 0 Å². The molecule has 0 aliphatic heterocycles. The molecule has 1 heterocycles. The molecule has 13 heavy (non-hydrogen) atoms. The Labute approximate surface area is 77.9 Å². The standard InChI is InChI=1S/C6H8N4O2S/c1-8-4-3(13-2-11)5(12)10-6(7)9-4/h2H,1H3,(H4,7,8,9,10,12). The zero-order chi connectivity index (χ0) is 9.84. The molecule has 1 aromatic heterocycles. The number of anilines is 2. The van der Waals surface area contributed by atoms with Crippen molar-refractivity contribution in [2.24, 2.45) is 0 Å². The van der Waals surface area contributed by atoms with E-state index in [0.29, 0.717) is 11.4 Å². The maximum absolute atomic E-state index is 11.2. The third-order valence-corrected chi connectivity index (χ3v) is 2.01. The molecule has 0 aliphatic rings. The highest BCUT2D eigenvalue weighted by atomic mass is 32.2. The predicted molar refractivity (Wildman–Crippen MR) is 51.4 cm³/mol. The number of hydrogen-bond donors (Lipinski definition) is 3. The first-order chi connectivity index (χ1) is 6.19. The Morgan fingerprint density at radius 2 is 2.38 bits per heavy atom. The molecule has 0 spiro atoms. The maximum Gasteiger partial charge on any atom is 0.268 e. The van der Waals surface area contributed by atoms with E-state index in [0.717, 1.165) is 11.8 Å². The number of nitrogen functional groups attached to an aromatic ring is 1. The minimum Gasteiger partial charge on any atom is -0.372 e. The van der Waals surface area contributed by atoms with Crippen molar-refractivity contribution in [3.05, 3.63) is 10.4 Å². The van der Waals surface area contributed by atoms with Gasteiger partial charge in [0.2, 0.25) is 5.95 Å². The Kier molecular flexibility index (Phi) is 2.91. The summed E-state index contributed by atoms with van der Waals surface area (Å²) in [7, 11) is 1.59. The van der Waals surface area contributed by atoms with Gasteiger partial charge in [0, 0.05) is 7.05 Å². The van der Waals surface area contributed by atoms with Gasteiger partial charge in [-0.25, -0.2) is 0 Å². The average molecular weight is 200 g/mol. The van der Waals surface area contributed by atoms with Crippen molar-refractivity contribution in [1.29, 1.82) is 0 Å². The van der Waals surface area contributed by atoms with Gasteiger partial charge in [0.1, 0.15) is 10.7 Å². The molecule has 0 saturated heterocycles. The van der Waals surface area contributed by atoms with Crippen molar-refractivity contribution < 1.29 is 4.79 Å². The number of carbonyl (C=O) groups is 1. The number of rotatable bonds is 3. The number of hydrogen-bond acceptors (Lipinski definition) is 6. The number of aromatic nitrogens is 2. The van der Waals surface area contributed by atoms with E-state index in [1.54, 1.807) is 7.05 Å². The number of aromatic amines is 1. The van der Waals surface area contributed by atoms with Gasteiger partial charge < -0.3 is 11.1 Å². The molecule has 0 atom stereocenters. The predicted octanol–water partition coefficient (Wildman–Crippen LogP) is -0.324. The van der Waals surface area contributed by atoms with E-state index in [2.05, 4.69) is 15.3 Å². The Hall–Kier alpha value is -1.50. The summed E-state index contributed by atoms with van der Waals surface area (Å²) in [5.74, 6) is 0.322. The number of nitrogens with two attached hydrogens (primary N) is 1. The van der Waals surface area contributed by atoms with Gasteiger partial charge in [-0.05, 0) is 11.8 Å². The Balaban J connectivity index is 3.29. The third kappa shape index (κ3) is 2.00. The van der Waals surface area contributed by atoms with Crippen molar-refractivity contribution in [1.82, 2.24) is 9.97 Å². The van der Waals surface area contributed by atoms with Crippen LogP contribution in [0.4, 0.5) is 11.8 Å². The van der Waals surface area contributed by atoms with Crippen LogP contribution in [-0.4, -0.2) is 22.6 Å². The number of thioether (sulfide) groups is 1. The molecule has 1 aromatic rings. The lowest BCUT2D eigenvalue weighted by Crippen LogP contribution is -2.15. The lowest BCUT2D eigenvalue weighted by atomic mass is 10.5. The number of H-pyrrole nitrogens is 1. The maximum atomic E-state index is 11.2. The molecule has 1 rings (SSSR count). The van der Waals surface area contributed by atoms with E-state index in [-0.39, 0.29) is 10.8 Å². The zero-order valence-electron chi connectivity index (χ0n) is 6.83. The lowest BCUT2D eigenvalue weighted by molar-refractivity contribution is 0.570. The second-order valence-corrected chi connectivity index (χ2v) is 2.93. The summed E-state index contributed by atoms with van der Waals surface area (Å²) < 4.78 is 0. The molecular formula is C6H8N4O2S. The van der Waals surface area contributed by atoms with Gasteiger partial charge in [0.05, 0.1) is 0 Å². The van der Waals surface area contributed by atoms with E-state index >= 15 is 0 Å². The van der Waals surface area contributed by atoms with Crippen LogP contribution >= 0.6 is 11.8 Å². The van der Waals surface area contributed by atoms with Gasteiger partial charge in [0.25, 0.3) is 5.56 Å². The van der Waals surface area contributed by atoms with Crippen LogP contribution in [0.15, 0.2) is 9.69 Å². The molecule has 0 saturated carbocycles. The molecule has 0 aromatic carbocycles. The molecule has 6 nitrogen and oxygen atoms in total. The fraction of sp³-hybridized carbons (Fsp3) is 0.167. The van der Waals surface area contributed by atoms with Crippen LogP contribution in [0.5, 0.6) is 0 Å².